The number of primary sulfonamides is 1. The van der Waals surface area contributed by atoms with Crippen LogP contribution in [0.25, 0.3) is 0 Å². The highest BCUT2D eigenvalue weighted by atomic mass is 32.2. The number of nitrogens with one attached hydrogen (secondary N) is 1. The molecule has 0 heterocycles. The van der Waals surface area contributed by atoms with Crippen molar-refractivity contribution >= 4 is 25.7 Å². The third-order valence-electron chi connectivity index (χ3n) is 2.48. The van der Waals surface area contributed by atoms with Gasteiger partial charge >= 0.3 is 0 Å². The highest BCUT2D eigenvalue weighted by molar-refractivity contribution is 7.90. The fourth-order valence-corrected chi connectivity index (χ4v) is 3.23. The lowest BCUT2D eigenvalue weighted by Crippen LogP contribution is -2.31. The second kappa shape index (κ2) is 6.47. The third kappa shape index (κ3) is 4.74. The molecule has 0 fully saturated rings. The summed E-state index contributed by atoms with van der Waals surface area (Å²) in [5.41, 5.74) is 5.76. The Balaban J connectivity index is 3.10. The number of hydrogen-bond acceptors (Lipinski definition) is 7. The molecule has 0 radical (unpaired) electrons. The summed E-state index contributed by atoms with van der Waals surface area (Å²) >= 11 is 0. The van der Waals surface area contributed by atoms with Crippen LogP contribution >= 0.6 is 0 Å². The van der Waals surface area contributed by atoms with Crippen LogP contribution in [0.5, 0.6) is 11.5 Å². The summed E-state index contributed by atoms with van der Waals surface area (Å²) in [7, 11) is -5.10. The predicted octanol–water partition coefficient (Wildman–Crippen LogP) is -1.15. The van der Waals surface area contributed by atoms with E-state index >= 15 is 0 Å². The van der Waals surface area contributed by atoms with Gasteiger partial charge in [0.1, 0.15) is 16.4 Å². The molecule has 9 nitrogen and oxygen atoms in total. The van der Waals surface area contributed by atoms with Crippen LogP contribution in [0.15, 0.2) is 17.0 Å². The van der Waals surface area contributed by atoms with Gasteiger partial charge in [-0.05, 0) is 6.07 Å². The van der Waals surface area contributed by atoms with Crippen molar-refractivity contribution in [1.82, 2.24) is 4.72 Å². The van der Waals surface area contributed by atoms with Crippen molar-refractivity contribution in [2.75, 3.05) is 32.3 Å². The van der Waals surface area contributed by atoms with Crippen molar-refractivity contribution < 1.29 is 26.3 Å². The van der Waals surface area contributed by atoms with Gasteiger partial charge in [0.2, 0.25) is 20.0 Å². The van der Waals surface area contributed by atoms with Gasteiger partial charge in [-0.2, -0.15) is 0 Å². The van der Waals surface area contributed by atoms with Crippen LogP contribution in [0, 0.1) is 0 Å². The van der Waals surface area contributed by atoms with E-state index in [9.17, 15) is 16.8 Å². The maximum absolute atomic E-state index is 12.1. The molecule has 1 aromatic carbocycles. The number of nitrogen functional groups attached to an aromatic ring is 1. The molecule has 1 aromatic rings. The monoisotopic (exact) mass is 339 g/mol. The minimum absolute atomic E-state index is 0.0177. The molecule has 5 N–H and O–H groups in total. The van der Waals surface area contributed by atoms with Gasteiger partial charge in [-0.3, -0.25) is 0 Å². The molecule has 0 unspecified atom stereocenters. The summed E-state index contributed by atoms with van der Waals surface area (Å²) in [5.74, 6) is -0.250. The number of nitrogens with two attached hydrogens (primary N) is 2. The van der Waals surface area contributed by atoms with Crippen molar-refractivity contribution in [2.24, 2.45) is 5.14 Å². The number of benzene rings is 1. The van der Waals surface area contributed by atoms with Crippen molar-refractivity contribution in [3.05, 3.63) is 12.1 Å². The number of methoxy groups -OCH3 is 2. The normalized spacial score (nSPS) is 12.1. The fourth-order valence-electron chi connectivity index (χ4n) is 1.50. The van der Waals surface area contributed by atoms with Gasteiger partial charge < -0.3 is 15.2 Å². The van der Waals surface area contributed by atoms with Gasteiger partial charge in [0.15, 0.2) is 0 Å². The standard InChI is InChI=1S/C10H17N3O6S2/c1-18-8-6-9(19-2)10(5-7(8)11)21(16,17)13-3-4-20(12,14)15/h5-6,13H,3-4,11H2,1-2H3,(H2,12,14,15). The number of sulfonamides is 2. The molecular formula is C10H17N3O6S2. The molecule has 120 valence electrons. The van der Waals surface area contributed by atoms with Gasteiger partial charge in [-0.15, -0.1) is 0 Å². The topological polar surface area (TPSA) is 151 Å². The zero-order chi connectivity index (χ0) is 16.3. The van der Waals surface area contributed by atoms with Crippen molar-refractivity contribution in [2.45, 2.75) is 4.90 Å². The second-order valence-corrected chi connectivity index (χ2v) is 7.48. The first-order valence-corrected chi connectivity index (χ1v) is 8.82. The first-order valence-electron chi connectivity index (χ1n) is 5.62. The maximum Gasteiger partial charge on any atom is 0.244 e. The van der Waals surface area contributed by atoms with Crippen LogP contribution in [-0.2, 0) is 20.0 Å². The summed E-state index contributed by atoms with van der Waals surface area (Å²) in [4.78, 5) is -0.224. The molecule has 0 saturated carbocycles. The van der Waals surface area contributed by atoms with Crippen molar-refractivity contribution in [3.63, 3.8) is 0 Å². The Labute approximate surface area is 123 Å². The van der Waals surface area contributed by atoms with Gasteiger partial charge in [0, 0.05) is 12.6 Å². The van der Waals surface area contributed by atoms with Gasteiger partial charge in [-0.1, -0.05) is 0 Å². The molecule has 0 amide bonds. The molecule has 0 bridgehead atoms. The Morgan fingerprint density at radius 2 is 1.67 bits per heavy atom. The molecule has 0 aromatic heterocycles. The van der Waals surface area contributed by atoms with E-state index in [1.165, 1.54) is 20.3 Å². The summed E-state index contributed by atoms with van der Waals surface area (Å²) in [6.45, 7) is -0.365. The Morgan fingerprint density at radius 1 is 1.10 bits per heavy atom. The largest absolute Gasteiger partial charge is 0.495 e. The van der Waals surface area contributed by atoms with Crippen LogP contribution in [-0.4, -0.2) is 43.4 Å². The van der Waals surface area contributed by atoms with Crippen LogP contribution in [0.4, 0.5) is 5.69 Å². The molecule has 21 heavy (non-hydrogen) atoms. The van der Waals surface area contributed by atoms with Crippen LogP contribution in [0.1, 0.15) is 0 Å². The molecule has 0 spiro atoms. The average Bonchev–Trinajstić information content (AvgIpc) is 2.36. The van der Waals surface area contributed by atoms with E-state index < -0.39 is 25.8 Å². The minimum atomic E-state index is -4.00. The summed E-state index contributed by atoms with van der Waals surface area (Å²) in [5, 5.41) is 4.80. The summed E-state index contributed by atoms with van der Waals surface area (Å²) in [6, 6.07) is 2.49. The number of anilines is 1. The fraction of sp³-hybridized carbons (Fsp3) is 0.400. The van der Waals surface area contributed by atoms with Gasteiger partial charge in [-0.25, -0.2) is 26.7 Å². The molecule has 0 aliphatic heterocycles. The summed E-state index contributed by atoms with van der Waals surface area (Å²) < 4.78 is 57.9. The summed E-state index contributed by atoms with van der Waals surface area (Å²) in [6.07, 6.45) is 0. The van der Waals surface area contributed by atoms with Crippen LogP contribution < -0.4 is 25.1 Å². The lowest BCUT2D eigenvalue weighted by atomic mass is 10.3. The van der Waals surface area contributed by atoms with E-state index in [1.54, 1.807) is 0 Å². The average molecular weight is 339 g/mol. The van der Waals surface area contributed by atoms with E-state index in [2.05, 4.69) is 4.72 Å². The van der Waals surface area contributed by atoms with E-state index in [4.69, 9.17) is 20.3 Å². The lowest BCUT2D eigenvalue weighted by molar-refractivity contribution is 0.387. The van der Waals surface area contributed by atoms with Gasteiger partial charge in [0.05, 0.1) is 25.7 Å². The Kier molecular flexibility index (Phi) is 5.39. The van der Waals surface area contributed by atoms with Gasteiger partial charge in [0.25, 0.3) is 0 Å². The highest BCUT2D eigenvalue weighted by Gasteiger charge is 2.22. The molecule has 11 heteroatoms. The van der Waals surface area contributed by atoms with Crippen molar-refractivity contribution in [3.8, 4) is 11.5 Å². The van der Waals surface area contributed by atoms with E-state index in [0.717, 1.165) is 6.07 Å². The quantitative estimate of drug-likeness (QED) is 0.531. The van der Waals surface area contributed by atoms with Crippen LogP contribution in [0.3, 0.4) is 0 Å². The SMILES string of the molecule is COc1cc(OC)c(S(=O)(=O)NCCS(N)(=O)=O)cc1N. The first-order chi connectivity index (χ1) is 9.60. The lowest BCUT2D eigenvalue weighted by Gasteiger charge is -2.13. The molecule has 0 aliphatic carbocycles. The van der Waals surface area contributed by atoms with E-state index in [1.807, 2.05) is 0 Å². The second-order valence-electron chi connectivity index (χ2n) is 4.01. The highest BCUT2D eigenvalue weighted by Crippen LogP contribution is 2.33. The Morgan fingerprint density at radius 3 is 2.14 bits per heavy atom. The number of ether oxygens (including phenoxy) is 2. The molecule has 0 atom stereocenters. The first kappa shape index (κ1) is 17.5. The molecule has 1 rings (SSSR count). The smallest absolute Gasteiger partial charge is 0.244 e. The van der Waals surface area contributed by atoms with E-state index in [-0.39, 0.29) is 28.6 Å². The zero-order valence-corrected chi connectivity index (χ0v) is 13.1. The van der Waals surface area contributed by atoms with E-state index in [0.29, 0.717) is 0 Å². The van der Waals surface area contributed by atoms with Crippen LogP contribution in [0.2, 0.25) is 0 Å². The van der Waals surface area contributed by atoms with Crippen molar-refractivity contribution in [1.29, 1.82) is 0 Å². The minimum Gasteiger partial charge on any atom is -0.495 e. The molecule has 0 saturated heterocycles. The molecule has 0 aliphatic rings. The Bertz CT molecular complexity index is 715. The Hall–Kier alpha value is -1.56. The molecular weight excluding hydrogens is 322 g/mol. The third-order valence-corrected chi connectivity index (χ3v) is 4.74. The predicted molar refractivity (Wildman–Crippen MR) is 77.1 cm³/mol. The number of hydrogen-bond donors (Lipinski definition) is 3. The number of rotatable bonds is 7. The maximum atomic E-state index is 12.1. The zero-order valence-electron chi connectivity index (χ0n) is 11.5.